The van der Waals surface area contributed by atoms with Crippen molar-refractivity contribution in [3.63, 3.8) is 0 Å². The second kappa shape index (κ2) is 9.33. The van der Waals surface area contributed by atoms with Crippen molar-refractivity contribution in [3.05, 3.63) is 52.8 Å². The summed E-state index contributed by atoms with van der Waals surface area (Å²) < 4.78 is 1.89. The van der Waals surface area contributed by atoms with E-state index in [-0.39, 0.29) is 6.61 Å². The summed E-state index contributed by atoms with van der Waals surface area (Å²) in [5.74, 6) is 1.21. The number of benzene rings is 1. The topological polar surface area (TPSA) is 64.1 Å². The highest BCUT2D eigenvalue weighted by molar-refractivity contribution is 5.36. The SMILES string of the molecule is Cn1cc(CC[C@@H]2CCc3cc([C@H](CN)CCCCO)ccc3C2)cn1. The van der Waals surface area contributed by atoms with Crippen LogP contribution < -0.4 is 5.73 Å². The number of nitrogens with zero attached hydrogens (tertiary/aromatic N) is 2. The Morgan fingerprint density at radius 2 is 2.19 bits per heavy atom. The summed E-state index contributed by atoms with van der Waals surface area (Å²) in [4.78, 5) is 0. The Bertz CT molecular complexity index is 694. The first-order valence-corrected chi connectivity index (χ1v) is 10.1. The van der Waals surface area contributed by atoms with Gasteiger partial charge in [0.1, 0.15) is 0 Å². The zero-order valence-electron chi connectivity index (χ0n) is 16.0. The zero-order chi connectivity index (χ0) is 18.4. The minimum atomic E-state index is 0.280. The molecule has 2 aromatic rings. The summed E-state index contributed by atoms with van der Waals surface area (Å²) in [5.41, 5.74) is 11.8. The van der Waals surface area contributed by atoms with E-state index in [9.17, 15) is 0 Å². The lowest BCUT2D eigenvalue weighted by Crippen LogP contribution is -2.17. The lowest BCUT2D eigenvalue weighted by Gasteiger charge is -2.26. The Balaban J connectivity index is 1.57. The van der Waals surface area contributed by atoms with Gasteiger partial charge in [0.15, 0.2) is 0 Å². The number of aliphatic hydroxyl groups is 1. The van der Waals surface area contributed by atoms with Crippen LogP contribution in [0.15, 0.2) is 30.6 Å². The molecule has 142 valence electrons. The molecule has 1 aromatic heterocycles. The van der Waals surface area contributed by atoms with Gasteiger partial charge < -0.3 is 10.8 Å². The van der Waals surface area contributed by atoms with Crippen LogP contribution in [0.25, 0.3) is 0 Å². The standard InChI is InChI=1S/C22H33N3O/c1-25-16-18(15-24-25)6-5-17-7-8-20-13-21(10-9-19(20)12-17)22(14-23)4-2-3-11-26/h9-10,13,15-17,22,26H,2-8,11-12,14,23H2,1H3/t17-,22+/m1/s1. The van der Waals surface area contributed by atoms with Gasteiger partial charge in [0, 0.05) is 19.9 Å². The van der Waals surface area contributed by atoms with E-state index in [1.54, 1.807) is 0 Å². The molecule has 1 heterocycles. The molecule has 1 aromatic carbocycles. The predicted octanol–water partition coefficient (Wildman–Crippen LogP) is 3.36. The molecular formula is C22H33N3O. The molecule has 0 saturated heterocycles. The van der Waals surface area contributed by atoms with E-state index in [1.807, 2.05) is 17.9 Å². The van der Waals surface area contributed by atoms with Crippen LogP contribution >= 0.6 is 0 Å². The van der Waals surface area contributed by atoms with Crippen molar-refractivity contribution in [2.75, 3.05) is 13.2 Å². The monoisotopic (exact) mass is 355 g/mol. The second-order valence-electron chi connectivity index (χ2n) is 7.85. The van der Waals surface area contributed by atoms with Gasteiger partial charge in [-0.05, 0) is 85.6 Å². The molecule has 1 aliphatic rings. The molecule has 0 amide bonds. The first-order valence-electron chi connectivity index (χ1n) is 10.1. The van der Waals surface area contributed by atoms with Crippen LogP contribution in [0.1, 0.15) is 60.3 Å². The Morgan fingerprint density at radius 1 is 1.31 bits per heavy atom. The summed E-state index contributed by atoms with van der Waals surface area (Å²) in [5, 5.41) is 13.3. The molecular weight excluding hydrogens is 322 g/mol. The number of aliphatic hydroxyl groups excluding tert-OH is 1. The number of aromatic nitrogens is 2. The molecule has 0 radical (unpaired) electrons. The molecule has 0 bridgehead atoms. The van der Waals surface area contributed by atoms with Crippen molar-refractivity contribution < 1.29 is 5.11 Å². The normalized spacial score (nSPS) is 17.9. The van der Waals surface area contributed by atoms with Crippen LogP contribution in [-0.4, -0.2) is 28.0 Å². The molecule has 26 heavy (non-hydrogen) atoms. The molecule has 3 N–H and O–H groups in total. The summed E-state index contributed by atoms with van der Waals surface area (Å²) in [7, 11) is 1.98. The van der Waals surface area contributed by atoms with Crippen LogP contribution in [0.2, 0.25) is 0 Å². The van der Waals surface area contributed by atoms with Gasteiger partial charge in [-0.3, -0.25) is 4.68 Å². The summed E-state index contributed by atoms with van der Waals surface area (Å²) >= 11 is 0. The predicted molar refractivity (Wildman–Crippen MR) is 106 cm³/mol. The maximum atomic E-state index is 8.99. The molecule has 0 spiro atoms. The second-order valence-corrected chi connectivity index (χ2v) is 7.85. The molecule has 3 rings (SSSR count). The van der Waals surface area contributed by atoms with Crippen molar-refractivity contribution in [1.82, 2.24) is 9.78 Å². The lowest BCUT2D eigenvalue weighted by atomic mass is 9.79. The smallest absolute Gasteiger partial charge is 0.0521 e. The molecule has 0 saturated carbocycles. The number of aryl methyl sites for hydroxylation is 3. The van der Waals surface area contributed by atoms with Crippen molar-refractivity contribution in [3.8, 4) is 0 Å². The van der Waals surface area contributed by atoms with E-state index in [4.69, 9.17) is 10.8 Å². The quantitative estimate of drug-likeness (QED) is 0.678. The van der Waals surface area contributed by atoms with E-state index >= 15 is 0 Å². The lowest BCUT2D eigenvalue weighted by molar-refractivity contribution is 0.281. The van der Waals surface area contributed by atoms with Gasteiger partial charge in [0.05, 0.1) is 6.20 Å². The van der Waals surface area contributed by atoms with Gasteiger partial charge in [-0.15, -0.1) is 0 Å². The van der Waals surface area contributed by atoms with Crippen molar-refractivity contribution >= 4 is 0 Å². The fraction of sp³-hybridized carbons (Fsp3) is 0.591. The number of rotatable bonds is 9. The Kier molecular flexibility index (Phi) is 6.86. The summed E-state index contributed by atoms with van der Waals surface area (Å²) in [6.45, 7) is 0.972. The average molecular weight is 356 g/mol. The first-order chi connectivity index (χ1) is 12.7. The van der Waals surface area contributed by atoms with E-state index in [2.05, 4.69) is 29.5 Å². The van der Waals surface area contributed by atoms with Gasteiger partial charge in [0.25, 0.3) is 0 Å². The fourth-order valence-electron chi connectivity index (χ4n) is 4.25. The third-order valence-electron chi connectivity index (χ3n) is 5.88. The summed E-state index contributed by atoms with van der Waals surface area (Å²) in [6, 6.07) is 7.04. The minimum absolute atomic E-state index is 0.280. The fourth-order valence-corrected chi connectivity index (χ4v) is 4.25. The van der Waals surface area contributed by atoms with E-state index < -0.39 is 0 Å². The molecule has 2 atom stereocenters. The van der Waals surface area contributed by atoms with E-state index in [1.165, 1.54) is 47.9 Å². The maximum absolute atomic E-state index is 8.99. The van der Waals surface area contributed by atoms with Crippen LogP contribution in [0.4, 0.5) is 0 Å². The molecule has 4 nitrogen and oxygen atoms in total. The Labute approximate surface area is 157 Å². The van der Waals surface area contributed by atoms with Crippen LogP contribution in [-0.2, 0) is 26.3 Å². The van der Waals surface area contributed by atoms with Crippen molar-refractivity contribution in [2.45, 2.75) is 57.3 Å². The summed E-state index contributed by atoms with van der Waals surface area (Å²) in [6.07, 6.45) is 13.2. The Morgan fingerprint density at radius 3 is 2.92 bits per heavy atom. The largest absolute Gasteiger partial charge is 0.396 e. The average Bonchev–Trinajstić information content (AvgIpc) is 3.08. The third-order valence-corrected chi connectivity index (χ3v) is 5.88. The van der Waals surface area contributed by atoms with Gasteiger partial charge in [-0.25, -0.2) is 0 Å². The highest BCUT2D eigenvalue weighted by atomic mass is 16.2. The van der Waals surface area contributed by atoms with Crippen molar-refractivity contribution in [2.24, 2.45) is 18.7 Å². The first kappa shape index (κ1) is 19.1. The number of hydrogen-bond acceptors (Lipinski definition) is 3. The maximum Gasteiger partial charge on any atom is 0.0521 e. The molecule has 0 fully saturated rings. The Hall–Kier alpha value is -1.65. The number of fused-ring (bicyclic) bond motifs is 1. The van der Waals surface area contributed by atoms with Gasteiger partial charge in [0.2, 0.25) is 0 Å². The third kappa shape index (κ3) is 4.95. The van der Waals surface area contributed by atoms with E-state index in [0.29, 0.717) is 12.5 Å². The molecule has 1 aliphatic carbocycles. The van der Waals surface area contributed by atoms with Crippen LogP contribution in [0.3, 0.4) is 0 Å². The molecule has 4 heteroatoms. The van der Waals surface area contributed by atoms with Gasteiger partial charge in [-0.1, -0.05) is 24.6 Å². The van der Waals surface area contributed by atoms with Gasteiger partial charge in [-0.2, -0.15) is 5.10 Å². The van der Waals surface area contributed by atoms with Gasteiger partial charge >= 0.3 is 0 Å². The number of unbranched alkanes of at least 4 members (excludes halogenated alkanes) is 1. The minimum Gasteiger partial charge on any atom is -0.396 e. The molecule has 0 unspecified atom stereocenters. The molecule has 0 aliphatic heterocycles. The van der Waals surface area contributed by atoms with Crippen LogP contribution in [0, 0.1) is 5.92 Å². The highest BCUT2D eigenvalue weighted by Crippen LogP contribution is 2.31. The van der Waals surface area contributed by atoms with Crippen molar-refractivity contribution in [1.29, 1.82) is 0 Å². The number of nitrogens with two attached hydrogens (primary N) is 1. The number of hydrogen-bond donors (Lipinski definition) is 2. The van der Waals surface area contributed by atoms with E-state index in [0.717, 1.165) is 31.6 Å². The van der Waals surface area contributed by atoms with Crippen LogP contribution in [0.5, 0.6) is 0 Å². The highest BCUT2D eigenvalue weighted by Gasteiger charge is 2.20. The zero-order valence-corrected chi connectivity index (χ0v) is 16.0.